The van der Waals surface area contributed by atoms with Crippen LogP contribution in [0.4, 0.5) is 0 Å². The number of hydrogen-bond acceptors (Lipinski definition) is 4. The van der Waals surface area contributed by atoms with Crippen LogP contribution in [-0.4, -0.2) is 54.4 Å². The van der Waals surface area contributed by atoms with E-state index in [4.69, 9.17) is 5.26 Å². The maximum atomic E-state index is 12.2. The number of nitrogens with zero attached hydrogens (tertiary/aromatic N) is 4. The third kappa shape index (κ3) is 3.30. The zero-order chi connectivity index (χ0) is 13.8. The molecule has 19 heavy (non-hydrogen) atoms. The summed E-state index contributed by atoms with van der Waals surface area (Å²) in [6.45, 7) is 2.86. The number of hydrogen-bond donors (Lipinski definition) is 0. The highest BCUT2D eigenvalue weighted by atomic mass is 16.2. The molecule has 5 heteroatoms. The van der Waals surface area contributed by atoms with Gasteiger partial charge in [0.25, 0.3) is 5.91 Å². The van der Waals surface area contributed by atoms with Crippen molar-refractivity contribution in [2.45, 2.75) is 6.42 Å². The van der Waals surface area contributed by atoms with E-state index in [1.54, 1.807) is 24.1 Å². The van der Waals surface area contributed by atoms with Gasteiger partial charge in [0, 0.05) is 26.3 Å². The smallest absolute Gasteiger partial charge is 0.272 e. The molecular weight excluding hydrogens is 240 g/mol. The molecule has 0 aromatic carbocycles. The molecule has 1 unspecified atom stereocenters. The SMILES string of the molecule is CN1CCC(CN(C)C(=O)c2cc(C#N)ccn2)C1. The van der Waals surface area contributed by atoms with Crippen molar-refractivity contribution in [3.8, 4) is 6.07 Å². The maximum Gasteiger partial charge on any atom is 0.272 e. The molecule has 0 N–H and O–H groups in total. The van der Waals surface area contributed by atoms with Gasteiger partial charge in [-0.3, -0.25) is 9.78 Å². The molecule has 1 aromatic heterocycles. The van der Waals surface area contributed by atoms with Crippen molar-refractivity contribution in [3.05, 3.63) is 29.6 Å². The van der Waals surface area contributed by atoms with Gasteiger partial charge in [-0.25, -0.2) is 0 Å². The maximum absolute atomic E-state index is 12.2. The van der Waals surface area contributed by atoms with Crippen LogP contribution in [0.15, 0.2) is 18.3 Å². The van der Waals surface area contributed by atoms with Crippen molar-refractivity contribution in [3.63, 3.8) is 0 Å². The fourth-order valence-electron chi connectivity index (χ4n) is 2.46. The molecule has 0 bridgehead atoms. The van der Waals surface area contributed by atoms with Crippen LogP contribution in [0.1, 0.15) is 22.5 Å². The summed E-state index contributed by atoms with van der Waals surface area (Å²) >= 11 is 0. The van der Waals surface area contributed by atoms with Crippen LogP contribution in [0.3, 0.4) is 0 Å². The second-order valence-corrected chi connectivity index (χ2v) is 5.14. The second-order valence-electron chi connectivity index (χ2n) is 5.14. The summed E-state index contributed by atoms with van der Waals surface area (Å²) in [5, 5.41) is 8.83. The zero-order valence-electron chi connectivity index (χ0n) is 11.3. The van der Waals surface area contributed by atoms with Gasteiger partial charge in [-0.1, -0.05) is 0 Å². The second kappa shape index (κ2) is 5.81. The van der Waals surface area contributed by atoms with Crippen molar-refractivity contribution in [1.29, 1.82) is 5.26 Å². The van der Waals surface area contributed by atoms with Crippen LogP contribution >= 0.6 is 0 Å². The molecule has 1 aliphatic heterocycles. The molecule has 0 aliphatic carbocycles. The molecule has 5 nitrogen and oxygen atoms in total. The van der Waals surface area contributed by atoms with E-state index in [1.165, 1.54) is 6.20 Å². The lowest BCUT2D eigenvalue weighted by Crippen LogP contribution is -2.33. The number of amides is 1. The number of carbonyl (C=O) groups is 1. The minimum Gasteiger partial charge on any atom is -0.340 e. The standard InChI is InChI=1S/C14H18N4O/c1-17-6-4-12(9-17)10-18(2)14(19)13-7-11(8-15)3-5-16-13/h3,5,7,12H,4,6,9-10H2,1-2H3. The summed E-state index contributed by atoms with van der Waals surface area (Å²) in [4.78, 5) is 20.2. The molecule has 1 atom stereocenters. The van der Waals surface area contributed by atoms with Crippen LogP contribution < -0.4 is 0 Å². The van der Waals surface area contributed by atoms with E-state index in [1.807, 2.05) is 6.07 Å². The van der Waals surface area contributed by atoms with Gasteiger partial charge in [-0.15, -0.1) is 0 Å². The number of nitriles is 1. The summed E-state index contributed by atoms with van der Waals surface area (Å²) in [6, 6.07) is 5.16. The lowest BCUT2D eigenvalue weighted by molar-refractivity contribution is 0.0768. The number of rotatable bonds is 3. The number of pyridine rings is 1. The Morgan fingerprint density at radius 1 is 1.68 bits per heavy atom. The van der Waals surface area contributed by atoms with Crippen LogP contribution in [-0.2, 0) is 0 Å². The molecule has 1 amide bonds. The Bertz CT molecular complexity index is 508. The fourth-order valence-corrected chi connectivity index (χ4v) is 2.46. The molecule has 1 fully saturated rings. The first-order chi connectivity index (χ1) is 9.10. The Hall–Kier alpha value is -1.93. The van der Waals surface area contributed by atoms with Gasteiger partial charge in [0.05, 0.1) is 11.6 Å². The third-order valence-corrected chi connectivity index (χ3v) is 3.48. The van der Waals surface area contributed by atoms with Gasteiger partial charge in [0.2, 0.25) is 0 Å². The van der Waals surface area contributed by atoms with Gasteiger partial charge < -0.3 is 9.80 Å². The molecule has 2 rings (SSSR count). The van der Waals surface area contributed by atoms with Crippen LogP contribution in [0.25, 0.3) is 0 Å². The first-order valence-corrected chi connectivity index (χ1v) is 6.40. The minimum atomic E-state index is -0.119. The highest BCUT2D eigenvalue weighted by molar-refractivity contribution is 5.92. The summed E-state index contributed by atoms with van der Waals surface area (Å²) in [5.74, 6) is 0.407. The van der Waals surface area contributed by atoms with Crippen LogP contribution in [0, 0.1) is 17.2 Å². The van der Waals surface area contributed by atoms with E-state index in [2.05, 4.69) is 16.9 Å². The largest absolute Gasteiger partial charge is 0.340 e. The highest BCUT2D eigenvalue weighted by Gasteiger charge is 2.23. The first kappa shape index (κ1) is 13.5. The summed E-state index contributed by atoms with van der Waals surface area (Å²) < 4.78 is 0. The third-order valence-electron chi connectivity index (χ3n) is 3.48. The topological polar surface area (TPSA) is 60.2 Å². The van der Waals surface area contributed by atoms with Crippen molar-refractivity contribution < 1.29 is 4.79 Å². The molecular formula is C14H18N4O. The Kier molecular flexibility index (Phi) is 4.13. The molecule has 0 saturated carbocycles. The molecule has 0 spiro atoms. The quantitative estimate of drug-likeness (QED) is 0.810. The minimum absolute atomic E-state index is 0.119. The number of carbonyl (C=O) groups excluding carboxylic acids is 1. The zero-order valence-corrected chi connectivity index (χ0v) is 11.3. The average Bonchev–Trinajstić information content (AvgIpc) is 2.83. The highest BCUT2D eigenvalue weighted by Crippen LogP contribution is 2.16. The molecule has 2 heterocycles. The Morgan fingerprint density at radius 3 is 3.11 bits per heavy atom. The van der Waals surface area contributed by atoms with Crippen LogP contribution in [0.2, 0.25) is 0 Å². The van der Waals surface area contributed by atoms with Gasteiger partial charge in [0.1, 0.15) is 5.69 Å². The van der Waals surface area contributed by atoms with E-state index < -0.39 is 0 Å². The number of likely N-dealkylation sites (tertiary alicyclic amines) is 1. The Morgan fingerprint density at radius 2 is 2.47 bits per heavy atom. The predicted octanol–water partition coefficient (Wildman–Crippen LogP) is 0.977. The Labute approximate surface area is 113 Å². The van der Waals surface area contributed by atoms with E-state index in [9.17, 15) is 4.79 Å². The predicted molar refractivity (Wildman–Crippen MR) is 71.5 cm³/mol. The van der Waals surface area contributed by atoms with Crippen molar-refractivity contribution in [1.82, 2.24) is 14.8 Å². The fraction of sp³-hybridized carbons (Fsp3) is 0.500. The van der Waals surface area contributed by atoms with Crippen molar-refractivity contribution in [2.24, 2.45) is 5.92 Å². The van der Waals surface area contributed by atoms with E-state index in [0.717, 1.165) is 26.1 Å². The van der Waals surface area contributed by atoms with Gasteiger partial charge in [-0.2, -0.15) is 5.26 Å². The lowest BCUT2D eigenvalue weighted by Gasteiger charge is -2.20. The van der Waals surface area contributed by atoms with Crippen molar-refractivity contribution >= 4 is 5.91 Å². The molecule has 0 radical (unpaired) electrons. The molecule has 1 aliphatic rings. The van der Waals surface area contributed by atoms with Gasteiger partial charge in [-0.05, 0) is 38.1 Å². The summed E-state index contributed by atoms with van der Waals surface area (Å²) in [7, 11) is 3.89. The van der Waals surface area contributed by atoms with Gasteiger partial charge >= 0.3 is 0 Å². The van der Waals surface area contributed by atoms with Gasteiger partial charge in [0.15, 0.2) is 0 Å². The van der Waals surface area contributed by atoms with Crippen molar-refractivity contribution in [2.75, 3.05) is 33.7 Å². The Balaban J connectivity index is 2.00. The number of aromatic nitrogens is 1. The monoisotopic (exact) mass is 258 g/mol. The molecule has 1 aromatic rings. The summed E-state index contributed by atoms with van der Waals surface area (Å²) in [6.07, 6.45) is 2.63. The normalized spacial score (nSPS) is 19.1. The van der Waals surface area contributed by atoms with Crippen LogP contribution in [0.5, 0.6) is 0 Å². The average molecular weight is 258 g/mol. The molecule has 100 valence electrons. The van der Waals surface area contributed by atoms with E-state index in [0.29, 0.717) is 17.2 Å². The lowest BCUT2D eigenvalue weighted by atomic mass is 10.1. The van der Waals surface area contributed by atoms with E-state index in [-0.39, 0.29) is 5.91 Å². The summed E-state index contributed by atoms with van der Waals surface area (Å²) in [5.41, 5.74) is 0.806. The first-order valence-electron chi connectivity index (χ1n) is 6.40. The van der Waals surface area contributed by atoms with E-state index >= 15 is 0 Å². The molecule has 1 saturated heterocycles.